The van der Waals surface area contributed by atoms with Gasteiger partial charge in [-0.15, -0.1) is 0 Å². The Morgan fingerprint density at radius 3 is 2.67 bits per heavy atom. The molecule has 0 spiro atoms. The SMILES string of the molecule is CCCCn1ncc(C=C(Cc2cc3c(cc2OC)CCO3)C(=O)O)c1-c1ccc(Cl)cc1OCc1c(Cl)cccc1C(=O)O. The summed E-state index contributed by atoms with van der Waals surface area (Å²) in [7, 11) is 1.56. The molecule has 1 aromatic heterocycles. The zero-order valence-electron chi connectivity index (χ0n) is 24.8. The van der Waals surface area contributed by atoms with Crippen LogP contribution in [0.4, 0.5) is 0 Å². The average molecular weight is 652 g/mol. The molecular formula is C34H32Cl2N2O7. The molecule has 2 N–H and O–H groups in total. The fraction of sp³-hybridized carbons (Fsp3) is 0.265. The van der Waals surface area contributed by atoms with Crippen molar-refractivity contribution in [1.29, 1.82) is 0 Å². The number of halogens is 2. The van der Waals surface area contributed by atoms with Crippen LogP contribution in [0.15, 0.2) is 60.3 Å². The number of methoxy groups -OCH3 is 1. The van der Waals surface area contributed by atoms with Crippen LogP contribution in [0.1, 0.15) is 52.4 Å². The van der Waals surface area contributed by atoms with E-state index in [2.05, 4.69) is 12.0 Å². The number of ether oxygens (including phenoxy) is 3. The van der Waals surface area contributed by atoms with Gasteiger partial charge in [-0.1, -0.05) is 42.6 Å². The van der Waals surface area contributed by atoms with E-state index in [0.717, 1.165) is 30.6 Å². The lowest BCUT2D eigenvalue weighted by Crippen LogP contribution is -2.08. The maximum absolute atomic E-state index is 12.6. The Morgan fingerprint density at radius 2 is 1.93 bits per heavy atom. The number of nitrogens with zero attached hydrogens (tertiary/aromatic N) is 2. The largest absolute Gasteiger partial charge is 0.496 e. The highest BCUT2D eigenvalue weighted by molar-refractivity contribution is 6.32. The van der Waals surface area contributed by atoms with E-state index in [1.165, 1.54) is 6.07 Å². The highest BCUT2D eigenvalue weighted by Crippen LogP contribution is 2.38. The van der Waals surface area contributed by atoms with E-state index in [9.17, 15) is 19.8 Å². The summed E-state index contributed by atoms with van der Waals surface area (Å²) in [4.78, 5) is 24.4. The zero-order chi connectivity index (χ0) is 32.1. The molecule has 1 aliphatic heterocycles. The molecule has 0 aliphatic carbocycles. The van der Waals surface area contributed by atoms with Crippen LogP contribution in [0, 0.1) is 0 Å². The van der Waals surface area contributed by atoms with Gasteiger partial charge in [0.25, 0.3) is 0 Å². The number of aromatic nitrogens is 2. The lowest BCUT2D eigenvalue weighted by atomic mass is 9.98. The van der Waals surface area contributed by atoms with E-state index in [1.807, 2.05) is 16.8 Å². The van der Waals surface area contributed by atoms with Gasteiger partial charge < -0.3 is 24.4 Å². The fourth-order valence-corrected chi connectivity index (χ4v) is 5.69. The van der Waals surface area contributed by atoms with Gasteiger partial charge in [0.15, 0.2) is 0 Å². The molecule has 3 aromatic carbocycles. The van der Waals surface area contributed by atoms with Crippen molar-refractivity contribution in [1.82, 2.24) is 9.78 Å². The summed E-state index contributed by atoms with van der Waals surface area (Å²) < 4.78 is 19.3. The summed E-state index contributed by atoms with van der Waals surface area (Å²) in [5, 5.41) is 25.3. The number of rotatable bonds is 13. The lowest BCUT2D eigenvalue weighted by molar-refractivity contribution is -0.132. The molecule has 0 atom stereocenters. The highest BCUT2D eigenvalue weighted by atomic mass is 35.5. The van der Waals surface area contributed by atoms with E-state index in [0.29, 0.717) is 57.6 Å². The number of benzene rings is 3. The standard InChI is InChI=1S/C34H32Cl2N2O7/c1-3-4-11-38-32(26-9-8-24(35)17-31(26)45-19-27-25(34(41)42)6-5-7-28(27)36)23(18-37-38)14-22(33(39)40)13-21-16-30-20(10-12-44-30)15-29(21)43-2/h5-9,14-18H,3-4,10-13,19H2,1-2H3,(H,39,40)(H,41,42). The van der Waals surface area contributed by atoms with Crippen LogP contribution in [0.25, 0.3) is 17.3 Å². The average Bonchev–Trinajstić information content (AvgIpc) is 3.64. The Hall–Kier alpha value is -4.47. The third-order valence-corrected chi connectivity index (χ3v) is 8.18. The summed E-state index contributed by atoms with van der Waals surface area (Å²) in [5.41, 5.74) is 4.00. The summed E-state index contributed by atoms with van der Waals surface area (Å²) in [5.74, 6) is -0.519. The van der Waals surface area contributed by atoms with Crippen LogP contribution in [0.5, 0.6) is 17.2 Å². The van der Waals surface area contributed by atoms with Gasteiger partial charge in [0, 0.05) is 62.8 Å². The van der Waals surface area contributed by atoms with Crippen molar-refractivity contribution in [2.75, 3.05) is 13.7 Å². The van der Waals surface area contributed by atoms with Gasteiger partial charge in [0.2, 0.25) is 0 Å². The Morgan fingerprint density at radius 1 is 1.11 bits per heavy atom. The third kappa shape index (κ3) is 7.10. The Bertz CT molecular complexity index is 1780. The number of carboxylic acids is 2. The van der Waals surface area contributed by atoms with Crippen LogP contribution < -0.4 is 14.2 Å². The van der Waals surface area contributed by atoms with Crippen LogP contribution >= 0.6 is 23.2 Å². The molecule has 45 heavy (non-hydrogen) atoms. The summed E-state index contributed by atoms with van der Waals surface area (Å²) in [6, 6.07) is 13.5. The quantitative estimate of drug-likeness (QED) is 0.142. The topological polar surface area (TPSA) is 120 Å². The smallest absolute Gasteiger partial charge is 0.336 e. The van der Waals surface area contributed by atoms with Crippen LogP contribution in [-0.4, -0.2) is 45.6 Å². The van der Waals surface area contributed by atoms with Gasteiger partial charge in [-0.25, -0.2) is 9.59 Å². The molecule has 11 heteroatoms. The maximum Gasteiger partial charge on any atom is 0.336 e. The number of aliphatic carboxylic acids is 1. The van der Waals surface area contributed by atoms with Gasteiger partial charge in [-0.05, 0) is 55.0 Å². The number of aryl methyl sites for hydroxylation is 1. The van der Waals surface area contributed by atoms with Gasteiger partial charge in [0.05, 0.1) is 31.2 Å². The Labute approximate surface area is 270 Å². The normalized spacial score (nSPS) is 12.5. The minimum atomic E-state index is -1.12. The van der Waals surface area contributed by atoms with Crippen molar-refractivity contribution in [2.45, 2.75) is 45.8 Å². The second kappa shape index (κ2) is 14.1. The molecule has 0 amide bonds. The summed E-state index contributed by atoms with van der Waals surface area (Å²) in [6.45, 7) is 3.08. The molecule has 5 rings (SSSR count). The Balaban J connectivity index is 1.57. The molecule has 0 saturated heterocycles. The molecule has 1 aliphatic rings. The van der Waals surface area contributed by atoms with Crippen molar-refractivity contribution in [3.63, 3.8) is 0 Å². The van der Waals surface area contributed by atoms with Crippen molar-refractivity contribution in [2.24, 2.45) is 0 Å². The van der Waals surface area contributed by atoms with Crippen LogP contribution in [0.2, 0.25) is 10.0 Å². The monoisotopic (exact) mass is 650 g/mol. The van der Waals surface area contributed by atoms with Gasteiger partial charge in [-0.2, -0.15) is 5.10 Å². The predicted molar refractivity (Wildman–Crippen MR) is 172 cm³/mol. The third-order valence-electron chi connectivity index (χ3n) is 7.59. The first-order valence-electron chi connectivity index (χ1n) is 14.5. The number of carboxylic acid groups (broad SMARTS) is 2. The number of hydrogen-bond acceptors (Lipinski definition) is 6. The molecule has 0 fully saturated rings. The van der Waals surface area contributed by atoms with Gasteiger partial charge in [-0.3, -0.25) is 4.68 Å². The second-order valence-electron chi connectivity index (χ2n) is 10.5. The van der Waals surface area contributed by atoms with Gasteiger partial charge in [0.1, 0.15) is 23.9 Å². The molecule has 0 unspecified atom stereocenters. The number of fused-ring (bicyclic) bond motifs is 1. The zero-order valence-corrected chi connectivity index (χ0v) is 26.3. The first-order valence-corrected chi connectivity index (χ1v) is 15.2. The molecule has 234 valence electrons. The van der Waals surface area contributed by atoms with Crippen molar-refractivity contribution >= 4 is 41.2 Å². The van der Waals surface area contributed by atoms with Crippen molar-refractivity contribution in [3.05, 3.63) is 98.2 Å². The molecule has 0 radical (unpaired) electrons. The fourth-order valence-electron chi connectivity index (χ4n) is 5.30. The number of unbranched alkanes of at least 4 members (excludes halogenated alkanes) is 1. The van der Waals surface area contributed by atoms with Crippen LogP contribution in [0.3, 0.4) is 0 Å². The minimum Gasteiger partial charge on any atom is -0.496 e. The Kier molecular flexibility index (Phi) is 10.0. The molecule has 2 heterocycles. The van der Waals surface area contributed by atoms with E-state index in [4.69, 9.17) is 37.4 Å². The first-order chi connectivity index (χ1) is 21.7. The van der Waals surface area contributed by atoms with E-state index < -0.39 is 11.9 Å². The van der Waals surface area contributed by atoms with E-state index in [1.54, 1.807) is 49.7 Å². The van der Waals surface area contributed by atoms with E-state index >= 15 is 0 Å². The summed E-state index contributed by atoms with van der Waals surface area (Å²) >= 11 is 12.7. The molecule has 0 bridgehead atoms. The molecule has 9 nitrogen and oxygen atoms in total. The van der Waals surface area contributed by atoms with Crippen LogP contribution in [-0.2, 0) is 30.8 Å². The predicted octanol–water partition coefficient (Wildman–Crippen LogP) is 7.59. The molecule has 4 aromatic rings. The van der Waals surface area contributed by atoms with Crippen molar-refractivity contribution in [3.8, 4) is 28.5 Å². The molecular weight excluding hydrogens is 619 g/mol. The molecule has 0 saturated carbocycles. The van der Waals surface area contributed by atoms with E-state index in [-0.39, 0.29) is 29.2 Å². The number of hydrogen-bond donors (Lipinski definition) is 2. The number of aromatic carboxylic acids is 1. The maximum atomic E-state index is 12.6. The summed E-state index contributed by atoms with van der Waals surface area (Å²) in [6.07, 6.45) is 5.85. The highest BCUT2D eigenvalue weighted by Gasteiger charge is 2.22. The number of carbonyl (C=O) groups is 2. The second-order valence-corrected chi connectivity index (χ2v) is 11.4. The van der Waals surface area contributed by atoms with Crippen molar-refractivity contribution < 1.29 is 34.0 Å². The van der Waals surface area contributed by atoms with Gasteiger partial charge >= 0.3 is 11.9 Å². The minimum absolute atomic E-state index is 0.0289. The first kappa shape index (κ1) is 31.9. The lowest BCUT2D eigenvalue weighted by Gasteiger charge is -2.16.